The van der Waals surface area contributed by atoms with Crippen LogP contribution in [0.15, 0.2) is 36.4 Å². The number of carbonyl (C=O) groups excluding carboxylic acids is 7. The van der Waals surface area contributed by atoms with Gasteiger partial charge in [-0.3, -0.25) is 25.0 Å². The Morgan fingerprint density at radius 1 is 0.941 bits per heavy atom. The molecule has 0 saturated carbocycles. The van der Waals surface area contributed by atoms with E-state index in [4.69, 9.17) is 30.2 Å². The molecular formula is C35H39N5O10Si. The van der Waals surface area contributed by atoms with Gasteiger partial charge in [-0.1, -0.05) is 43.6 Å². The van der Waals surface area contributed by atoms with Gasteiger partial charge in [0, 0.05) is 24.2 Å². The van der Waals surface area contributed by atoms with Crippen LogP contribution in [-0.4, -0.2) is 106 Å². The van der Waals surface area contributed by atoms with Gasteiger partial charge in [0.2, 0.25) is 0 Å². The maximum absolute atomic E-state index is 12.8. The first-order valence-electron chi connectivity index (χ1n) is 15.4. The normalized spacial score (nSPS) is 18.0. The molecule has 0 aliphatic carbocycles. The summed E-state index contributed by atoms with van der Waals surface area (Å²) in [6, 6.07) is 9.97. The summed E-state index contributed by atoms with van der Waals surface area (Å²) >= 11 is 0. The van der Waals surface area contributed by atoms with Gasteiger partial charge in [-0.15, -0.1) is 12.0 Å². The Labute approximate surface area is 296 Å². The number of ether oxygens (including phenoxy) is 3. The topological polar surface area (TPSA) is 190 Å². The second kappa shape index (κ2) is 16.2. The number of rotatable bonds is 8. The van der Waals surface area contributed by atoms with E-state index in [-0.39, 0.29) is 31.1 Å². The van der Waals surface area contributed by atoms with E-state index in [1.165, 1.54) is 19.1 Å². The molecule has 0 unspecified atom stereocenters. The molecule has 0 spiro atoms. The van der Waals surface area contributed by atoms with E-state index < -0.39 is 37.1 Å². The Morgan fingerprint density at radius 2 is 1.45 bits per heavy atom. The molecule has 2 aromatic rings. The van der Waals surface area contributed by atoms with Crippen LogP contribution in [0.4, 0.5) is 4.79 Å². The average Bonchev–Trinajstić information content (AvgIpc) is 3.70. The molecule has 0 aromatic heterocycles. The Kier molecular flexibility index (Phi) is 12.5. The number of hydrogen-bond donors (Lipinski definition) is 3. The van der Waals surface area contributed by atoms with E-state index in [1.54, 1.807) is 43.3 Å². The fraction of sp³-hybridized carbons (Fsp3) is 0.371. The first kappa shape index (κ1) is 39.5. The summed E-state index contributed by atoms with van der Waals surface area (Å²) in [4.78, 5) is 80.3. The van der Waals surface area contributed by atoms with Gasteiger partial charge in [0.05, 0.1) is 34.4 Å². The molecule has 1 fully saturated rings. The Balaban J connectivity index is 0.000000258. The molecule has 3 N–H and O–H groups in total. The molecular weight excluding hydrogens is 678 g/mol. The highest BCUT2D eigenvalue weighted by Crippen LogP contribution is 2.29. The highest BCUT2D eigenvalue weighted by molar-refractivity contribution is 6.83. The standard InChI is InChI=1S/C19H26N2O4Si.C15H13N3O4.CO2/c1-20-19(18(23)25-3,9-10-26(4,5)6)13-21-12-14-7-8-15(24-2)11-16(14)17(21)22;1-3-15(13(20)16-14(21)17-15)8-18-7-9-4-5-10(22-2)6-11(9)12(18)19;2-1-3/h7-8,11,20H,12-13H2,1-6H3;1,4-6H,7-8H2,2H3,(H2,16,17,20,21);/t19-;15-;/m11./s1. The molecule has 3 heterocycles. The van der Waals surface area contributed by atoms with Gasteiger partial charge in [-0.05, 0) is 42.4 Å². The van der Waals surface area contributed by atoms with Crippen LogP contribution < -0.4 is 25.4 Å². The number of nitrogens with zero attached hydrogens (tertiary/aromatic N) is 2. The van der Waals surface area contributed by atoms with Gasteiger partial charge in [0.1, 0.15) is 19.6 Å². The van der Waals surface area contributed by atoms with Crippen molar-refractivity contribution in [2.24, 2.45) is 0 Å². The first-order chi connectivity index (χ1) is 24.1. The summed E-state index contributed by atoms with van der Waals surface area (Å²) in [7, 11) is 4.35. The lowest BCUT2D eigenvalue weighted by Crippen LogP contribution is -2.57. The molecule has 2 atom stereocenters. The van der Waals surface area contributed by atoms with Crippen LogP contribution in [0.5, 0.6) is 11.5 Å². The molecule has 0 bridgehead atoms. The Bertz CT molecular complexity index is 1870. The number of carbonyl (C=O) groups is 5. The number of terminal acetylenes is 1. The van der Waals surface area contributed by atoms with E-state index in [0.717, 1.165) is 11.1 Å². The van der Waals surface area contributed by atoms with Gasteiger partial charge in [-0.2, -0.15) is 9.59 Å². The van der Waals surface area contributed by atoms with Gasteiger partial charge in [-0.25, -0.2) is 9.59 Å². The Morgan fingerprint density at radius 3 is 1.86 bits per heavy atom. The number of nitrogens with one attached hydrogen (secondary N) is 3. The van der Waals surface area contributed by atoms with Crippen molar-refractivity contribution in [2.45, 2.75) is 43.8 Å². The van der Waals surface area contributed by atoms with Gasteiger partial charge in [0.25, 0.3) is 17.7 Å². The number of benzene rings is 2. The van der Waals surface area contributed by atoms with Crippen LogP contribution in [0.1, 0.15) is 31.8 Å². The summed E-state index contributed by atoms with van der Waals surface area (Å²) in [6.45, 7) is 7.07. The quantitative estimate of drug-likeness (QED) is 0.153. The van der Waals surface area contributed by atoms with Crippen LogP contribution in [0.2, 0.25) is 19.6 Å². The maximum atomic E-state index is 12.8. The summed E-state index contributed by atoms with van der Waals surface area (Å²) in [5.41, 5.74) is 3.28. The number of fused-ring (bicyclic) bond motifs is 2. The lowest BCUT2D eigenvalue weighted by Gasteiger charge is -2.30. The van der Waals surface area contributed by atoms with Crippen molar-refractivity contribution < 1.29 is 47.8 Å². The molecule has 3 aliphatic rings. The van der Waals surface area contributed by atoms with Crippen LogP contribution in [0.3, 0.4) is 0 Å². The molecule has 268 valence electrons. The number of urea groups is 1. The minimum Gasteiger partial charge on any atom is -0.497 e. The van der Waals surface area contributed by atoms with E-state index in [1.807, 2.05) is 12.1 Å². The third-order valence-electron chi connectivity index (χ3n) is 8.05. The third-order valence-corrected chi connectivity index (χ3v) is 8.92. The highest BCUT2D eigenvalue weighted by Gasteiger charge is 2.48. The van der Waals surface area contributed by atoms with Gasteiger partial charge < -0.3 is 29.3 Å². The molecule has 0 radical (unpaired) electrons. The molecule has 2 aromatic carbocycles. The van der Waals surface area contributed by atoms with Crippen molar-refractivity contribution in [3.05, 3.63) is 58.7 Å². The molecule has 51 heavy (non-hydrogen) atoms. The fourth-order valence-corrected chi connectivity index (χ4v) is 5.97. The summed E-state index contributed by atoms with van der Waals surface area (Å²) in [6.07, 6.45) is 5.66. The molecule has 16 heteroatoms. The molecule has 5 rings (SSSR count). The van der Waals surface area contributed by atoms with Crippen molar-refractivity contribution in [1.82, 2.24) is 25.8 Å². The smallest absolute Gasteiger partial charge is 0.373 e. The molecule has 1 saturated heterocycles. The van der Waals surface area contributed by atoms with Crippen molar-refractivity contribution in [3.8, 4) is 35.3 Å². The summed E-state index contributed by atoms with van der Waals surface area (Å²) in [5, 5.41) is 7.50. The van der Waals surface area contributed by atoms with Crippen LogP contribution in [0.25, 0.3) is 0 Å². The number of methoxy groups -OCH3 is 3. The van der Waals surface area contributed by atoms with Gasteiger partial charge >= 0.3 is 18.2 Å². The van der Waals surface area contributed by atoms with E-state index in [0.29, 0.717) is 35.7 Å². The highest BCUT2D eigenvalue weighted by atomic mass is 28.3. The molecule has 3 aliphatic heterocycles. The minimum atomic E-state index is -1.72. The minimum absolute atomic E-state index is 0.0864. The van der Waals surface area contributed by atoms with Crippen molar-refractivity contribution in [3.63, 3.8) is 0 Å². The zero-order valence-electron chi connectivity index (χ0n) is 29.3. The average molecular weight is 718 g/mol. The number of imide groups is 1. The first-order valence-corrected chi connectivity index (χ1v) is 18.9. The number of amides is 5. The lowest BCUT2D eigenvalue weighted by molar-refractivity contribution is -0.191. The third kappa shape index (κ3) is 8.81. The monoisotopic (exact) mass is 717 g/mol. The van der Waals surface area contributed by atoms with Crippen molar-refractivity contribution >= 4 is 43.9 Å². The van der Waals surface area contributed by atoms with E-state index in [9.17, 15) is 24.0 Å². The SMILES string of the molecule is C#C[C@]1(CN2Cc3ccc(OC)cc3C2=O)NC(=O)NC1=O.CN[C@](C#C[Si](C)(C)C)(CN1Cc2ccc(OC)cc2C1=O)C(=O)OC.O=C=O. The number of likely N-dealkylation sites (N-methyl/N-ethyl adjacent to an activating group) is 1. The van der Waals surface area contributed by atoms with Gasteiger partial charge in [0.15, 0.2) is 11.1 Å². The van der Waals surface area contributed by atoms with Crippen LogP contribution in [0, 0.1) is 23.8 Å². The molecule has 15 nitrogen and oxygen atoms in total. The van der Waals surface area contributed by atoms with E-state index >= 15 is 0 Å². The van der Waals surface area contributed by atoms with Crippen LogP contribution in [-0.2, 0) is 37.0 Å². The van der Waals surface area contributed by atoms with E-state index in [2.05, 4.69) is 53.0 Å². The number of hydrogen-bond acceptors (Lipinski definition) is 11. The largest absolute Gasteiger partial charge is 0.497 e. The van der Waals surface area contributed by atoms with Crippen LogP contribution >= 0.6 is 0 Å². The molecule has 5 amide bonds. The predicted octanol–water partition coefficient (Wildman–Crippen LogP) is 0.942. The Hall–Kier alpha value is -5.93. The zero-order valence-corrected chi connectivity index (χ0v) is 30.3. The van der Waals surface area contributed by atoms with Crippen molar-refractivity contribution in [1.29, 1.82) is 0 Å². The predicted molar refractivity (Wildman–Crippen MR) is 184 cm³/mol. The summed E-state index contributed by atoms with van der Waals surface area (Å²) < 4.78 is 15.3. The fourth-order valence-electron chi connectivity index (χ4n) is 5.38. The zero-order chi connectivity index (χ0) is 38.1. The second-order valence-electron chi connectivity index (χ2n) is 12.6. The second-order valence-corrected chi connectivity index (χ2v) is 17.3. The lowest BCUT2D eigenvalue weighted by atomic mass is 10.0. The number of esters is 1. The maximum Gasteiger partial charge on any atom is 0.373 e. The summed E-state index contributed by atoms with van der Waals surface area (Å²) in [5.74, 6) is 5.07. The van der Waals surface area contributed by atoms with Crippen molar-refractivity contribution in [2.75, 3.05) is 41.5 Å².